The summed E-state index contributed by atoms with van der Waals surface area (Å²) in [5, 5.41) is 0. The molecule has 25 heavy (non-hydrogen) atoms. The van der Waals surface area contributed by atoms with Gasteiger partial charge < -0.3 is 9.57 Å². The van der Waals surface area contributed by atoms with Crippen molar-refractivity contribution in [1.29, 1.82) is 0 Å². The molecule has 0 radical (unpaired) electrons. The number of allylic oxidation sites excluding steroid dienone is 1. The van der Waals surface area contributed by atoms with Crippen molar-refractivity contribution in [2.24, 2.45) is 5.92 Å². The van der Waals surface area contributed by atoms with Gasteiger partial charge in [0.25, 0.3) is 0 Å². The maximum Gasteiger partial charge on any atom is 0.356 e. The maximum absolute atomic E-state index is 11.5. The van der Waals surface area contributed by atoms with Gasteiger partial charge in [0.1, 0.15) is 6.33 Å². The van der Waals surface area contributed by atoms with Gasteiger partial charge in [-0.3, -0.25) is 0 Å². The van der Waals surface area contributed by atoms with E-state index >= 15 is 0 Å². The van der Waals surface area contributed by atoms with Crippen LogP contribution < -0.4 is 4.84 Å². The van der Waals surface area contributed by atoms with Gasteiger partial charge in [0.05, 0.1) is 12.8 Å². The minimum Gasteiger partial charge on any atom is -0.462 e. The maximum atomic E-state index is 11.5. The second-order valence-corrected chi connectivity index (χ2v) is 6.18. The molecule has 1 aliphatic rings. The number of esters is 1. The molecular formula is C19H26N2O4. The zero-order valence-corrected chi connectivity index (χ0v) is 14.5. The molecule has 136 valence electrons. The summed E-state index contributed by atoms with van der Waals surface area (Å²) in [5.74, 6) is -0.334. The molecule has 1 aromatic heterocycles. The third-order valence-electron chi connectivity index (χ3n) is 4.19. The lowest BCUT2D eigenvalue weighted by atomic mass is 9.86. The van der Waals surface area contributed by atoms with Crippen LogP contribution in [0.25, 0.3) is 0 Å². The van der Waals surface area contributed by atoms with E-state index in [4.69, 9.17) is 9.57 Å². The van der Waals surface area contributed by atoms with Crippen LogP contribution >= 0.6 is 0 Å². The van der Waals surface area contributed by atoms with E-state index in [1.54, 1.807) is 0 Å². The number of carbonyl (C=O) groups excluding carboxylic acids is 2. The predicted molar refractivity (Wildman–Crippen MR) is 93.5 cm³/mol. The molecule has 1 saturated carbocycles. The molecule has 1 aromatic rings. The van der Waals surface area contributed by atoms with Gasteiger partial charge in [-0.2, -0.15) is 4.73 Å². The summed E-state index contributed by atoms with van der Waals surface area (Å²) in [6.45, 7) is 0.305. The van der Waals surface area contributed by atoms with Crippen LogP contribution in [0.1, 0.15) is 51.4 Å². The minimum atomic E-state index is -0.669. The topological polar surface area (TPSA) is 70.4 Å². The third-order valence-corrected chi connectivity index (χ3v) is 4.19. The van der Waals surface area contributed by atoms with Gasteiger partial charge in [0.2, 0.25) is 0 Å². The fraction of sp³-hybridized carbons (Fsp3) is 0.526. The molecule has 0 N–H and O–H groups in total. The molecule has 0 atom stereocenters. The van der Waals surface area contributed by atoms with Crippen molar-refractivity contribution in [3.05, 3.63) is 43.0 Å². The van der Waals surface area contributed by atoms with Gasteiger partial charge in [-0.25, -0.2) is 14.6 Å². The Hall–Kier alpha value is -2.37. The second-order valence-electron chi connectivity index (χ2n) is 6.18. The van der Waals surface area contributed by atoms with Crippen molar-refractivity contribution in [3.8, 4) is 0 Å². The van der Waals surface area contributed by atoms with Crippen LogP contribution in [0, 0.1) is 5.92 Å². The van der Waals surface area contributed by atoms with Crippen molar-refractivity contribution in [2.75, 3.05) is 6.61 Å². The average molecular weight is 346 g/mol. The predicted octanol–water partition coefficient (Wildman–Crippen LogP) is 3.24. The quantitative estimate of drug-likeness (QED) is 0.297. The highest BCUT2D eigenvalue weighted by molar-refractivity contribution is 5.91. The number of hydrogen-bond acceptors (Lipinski definition) is 5. The zero-order chi connectivity index (χ0) is 17.7. The van der Waals surface area contributed by atoms with E-state index < -0.39 is 11.9 Å². The summed E-state index contributed by atoms with van der Waals surface area (Å²) in [7, 11) is 0. The Morgan fingerprint density at radius 2 is 1.84 bits per heavy atom. The molecule has 0 saturated heterocycles. The Kier molecular flexibility index (Phi) is 8.52. The number of nitrogens with zero attached hydrogens (tertiary/aromatic N) is 2. The fourth-order valence-corrected chi connectivity index (χ4v) is 2.89. The SMILES string of the molecule is O=C(/C=C\C(=O)On1ccnc1)OCC/C=C\CCC1CCCCC1. The van der Waals surface area contributed by atoms with E-state index in [-0.39, 0.29) is 0 Å². The standard InChI is InChI=1S/C19H26N2O4/c22-18(11-12-19(23)25-21-14-13-20-16-21)24-15-7-2-1-4-8-17-9-5-3-6-10-17/h1-2,11-14,16-17H,3-10,15H2/b2-1-,12-11-. The van der Waals surface area contributed by atoms with E-state index in [0.717, 1.165) is 29.2 Å². The lowest BCUT2D eigenvalue weighted by molar-refractivity contribution is -0.140. The molecule has 1 aliphatic carbocycles. The Bertz CT molecular complexity index is 572. The van der Waals surface area contributed by atoms with Gasteiger partial charge >= 0.3 is 11.9 Å². The lowest BCUT2D eigenvalue weighted by Crippen LogP contribution is -2.16. The lowest BCUT2D eigenvalue weighted by Gasteiger charge is -2.20. The number of hydrogen-bond donors (Lipinski definition) is 0. The summed E-state index contributed by atoms with van der Waals surface area (Å²) in [6, 6.07) is 0. The van der Waals surface area contributed by atoms with Crippen molar-refractivity contribution in [1.82, 2.24) is 9.71 Å². The number of carbonyl (C=O) groups is 2. The van der Waals surface area contributed by atoms with Crippen LogP contribution in [0.3, 0.4) is 0 Å². The summed E-state index contributed by atoms with van der Waals surface area (Å²) < 4.78 is 6.17. The molecule has 0 unspecified atom stereocenters. The number of ether oxygens (including phenoxy) is 1. The van der Waals surface area contributed by atoms with Crippen molar-refractivity contribution >= 4 is 11.9 Å². The van der Waals surface area contributed by atoms with Crippen LogP contribution in [-0.2, 0) is 14.3 Å². The Morgan fingerprint density at radius 3 is 2.60 bits per heavy atom. The first-order valence-corrected chi connectivity index (χ1v) is 8.94. The van der Waals surface area contributed by atoms with E-state index in [1.165, 1.54) is 57.2 Å². The molecule has 1 fully saturated rings. The molecule has 0 aromatic carbocycles. The second kappa shape index (κ2) is 11.2. The van der Waals surface area contributed by atoms with E-state index in [0.29, 0.717) is 13.0 Å². The van der Waals surface area contributed by atoms with Crippen LogP contribution in [0.5, 0.6) is 0 Å². The zero-order valence-electron chi connectivity index (χ0n) is 14.5. The Balaban J connectivity index is 1.50. The highest BCUT2D eigenvalue weighted by Crippen LogP contribution is 2.27. The largest absolute Gasteiger partial charge is 0.462 e. The van der Waals surface area contributed by atoms with Crippen LogP contribution in [0.4, 0.5) is 0 Å². The first kappa shape index (κ1) is 19.0. The molecule has 2 rings (SSSR count). The highest BCUT2D eigenvalue weighted by atomic mass is 16.7. The minimum absolute atomic E-state index is 0.305. The van der Waals surface area contributed by atoms with Gasteiger partial charge in [-0.05, 0) is 25.2 Å². The smallest absolute Gasteiger partial charge is 0.356 e. The Labute approximate surface area is 148 Å². The molecule has 0 spiro atoms. The van der Waals surface area contributed by atoms with Crippen LogP contribution in [0.15, 0.2) is 43.0 Å². The van der Waals surface area contributed by atoms with Crippen molar-refractivity contribution in [2.45, 2.75) is 51.4 Å². The fourth-order valence-electron chi connectivity index (χ4n) is 2.89. The Morgan fingerprint density at radius 1 is 1.08 bits per heavy atom. The highest BCUT2D eigenvalue weighted by Gasteiger charge is 2.11. The number of aromatic nitrogens is 2. The normalized spacial score (nSPS) is 15.7. The first-order valence-electron chi connectivity index (χ1n) is 8.94. The van der Waals surface area contributed by atoms with Gasteiger partial charge in [-0.15, -0.1) is 0 Å². The molecule has 0 aliphatic heterocycles. The van der Waals surface area contributed by atoms with E-state index in [9.17, 15) is 9.59 Å². The van der Waals surface area contributed by atoms with E-state index in [2.05, 4.69) is 11.1 Å². The first-order chi connectivity index (χ1) is 12.2. The van der Waals surface area contributed by atoms with Crippen molar-refractivity contribution in [3.63, 3.8) is 0 Å². The van der Waals surface area contributed by atoms with Crippen LogP contribution in [0.2, 0.25) is 0 Å². The van der Waals surface area contributed by atoms with Gasteiger partial charge in [-0.1, -0.05) is 44.3 Å². The molecule has 6 heteroatoms. The molecule has 0 amide bonds. The number of imidazole rings is 1. The molecule has 0 bridgehead atoms. The summed E-state index contributed by atoms with van der Waals surface area (Å²) in [6.07, 6.45) is 20.6. The van der Waals surface area contributed by atoms with E-state index in [1.807, 2.05) is 6.08 Å². The molecule has 1 heterocycles. The monoisotopic (exact) mass is 346 g/mol. The summed E-state index contributed by atoms with van der Waals surface area (Å²) >= 11 is 0. The third kappa shape index (κ3) is 8.33. The molecular weight excluding hydrogens is 320 g/mol. The van der Waals surface area contributed by atoms with Crippen LogP contribution in [-0.4, -0.2) is 28.3 Å². The van der Waals surface area contributed by atoms with Gasteiger partial charge in [0.15, 0.2) is 0 Å². The van der Waals surface area contributed by atoms with Crippen molar-refractivity contribution < 1.29 is 19.2 Å². The molecule has 6 nitrogen and oxygen atoms in total. The van der Waals surface area contributed by atoms with Gasteiger partial charge in [0, 0.05) is 18.3 Å². The summed E-state index contributed by atoms with van der Waals surface area (Å²) in [5.41, 5.74) is 0. The number of rotatable bonds is 9. The summed E-state index contributed by atoms with van der Waals surface area (Å²) in [4.78, 5) is 31.5. The average Bonchev–Trinajstić information content (AvgIpc) is 3.13.